The van der Waals surface area contributed by atoms with Gasteiger partial charge in [-0.15, -0.1) is 0 Å². The highest BCUT2D eigenvalue weighted by molar-refractivity contribution is 5.83. The molecule has 0 radical (unpaired) electrons. The first-order valence-electron chi connectivity index (χ1n) is 7.86. The van der Waals surface area contributed by atoms with Gasteiger partial charge in [-0.1, -0.05) is 0 Å². The molecule has 1 aliphatic carbocycles. The summed E-state index contributed by atoms with van der Waals surface area (Å²) in [5.74, 6) is 0.970. The van der Waals surface area contributed by atoms with E-state index in [1.165, 1.54) is 0 Å². The molecular formula is C15H26N2O3. The van der Waals surface area contributed by atoms with Crippen LogP contribution in [0.25, 0.3) is 0 Å². The van der Waals surface area contributed by atoms with Crippen molar-refractivity contribution >= 4 is 5.91 Å². The zero-order valence-corrected chi connectivity index (χ0v) is 12.2. The molecule has 20 heavy (non-hydrogen) atoms. The maximum Gasteiger partial charge on any atom is 0.229 e. The summed E-state index contributed by atoms with van der Waals surface area (Å²) in [6, 6.07) is 0. The fourth-order valence-electron chi connectivity index (χ4n) is 4.19. The van der Waals surface area contributed by atoms with Crippen molar-refractivity contribution in [3.8, 4) is 0 Å². The van der Waals surface area contributed by atoms with E-state index in [2.05, 4.69) is 12.2 Å². The Bertz CT molecular complexity index is 363. The topological polar surface area (TPSA) is 72.8 Å². The minimum atomic E-state index is -0.613. The molecular weight excluding hydrogens is 256 g/mol. The molecule has 0 aromatic heterocycles. The van der Waals surface area contributed by atoms with Gasteiger partial charge in [-0.25, -0.2) is 0 Å². The molecule has 5 atom stereocenters. The van der Waals surface area contributed by atoms with Gasteiger partial charge in [0, 0.05) is 19.6 Å². The van der Waals surface area contributed by atoms with Crippen LogP contribution >= 0.6 is 0 Å². The number of rotatable bonds is 1. The zero-order chi connectivity index (χ0) is 14.3. The fourth-order valence-corrected chi connectivity index (χ4v) is 4.19. The van der Waals surface area contributed by atoms with Crippen molar-refractivity contribution in [1.82, 2.24) is 10.2 Å². The molecule has 2 saturated heterocycles. The Hall–Kier alpha value is -0.650. The Morgan fingerprint density at radius 2 is 1.80 bits per heavy atom. The van der Waals surface area contributed by atoms with Crippen molar-refractivity contribution in [2.24, 2.45) is 17.3 Å². The van der Waals surface area contributed by atoms with Gasteiger partial charge in [-0.2, -0.15) is 0 Å². The van der Waals surface area contributed by atoms with Gasteiger partial charge in [-0.3, -0.25) is 4.79 Å². The van der Waals surface area contributed by atoms with Crippen LogP contribution in [0.2, 0.25) is 0 Å². The first-order valence-corrected chi connectivity index (χ1v) is 7.86. The predicted molar refractivity (Wildman–Crippen MR) is 75.0 cm³/mol. The third kappa shape index (κ3) is 2.47. The Morgan fingerprint density at radius 3 is 2.30 bits per heavy atom. The van der Waals surface area contributed by atoms with Gasteiger partial charge in [0.05, 0.1) is 17.6 Å². The monoisotopic (exact) mass is 282 g/mol. The normalized spacial score (nSPS) is 45.2. The molecule has 5 heteroatoms. The number of nitrogens with zero attached hydrogens (tertiary/aromatic N) is 1. The van der Waals surface area contributed by atoms with E-state index in [0.29, 0.717) is 24.7 Å². The average Bonchev–Trinajstić information content (AvgIpc) is 2.82. The third-order valence-electron chi connectivity index (χ3n) is 5.51. The van der Waals surface area contributed by atoms with E-state index in [4.69, 9.17) is 0 Å². The van der Waals surface area contributed by atoms with Crippen LogP contribution in [0.1, 0.15) is 32.6 Å². The minimum Gasteiger partial charge on any atom is -0.390 e. The third-order valence-corrected chi connectivity index (χ3v) is 5.51. The van der Waals surface area contributed by atoms with Gasteiger partial charge >= 0.3 is 0 Å². The molecule has 3 N–H and O–H groups in total. The average molecular weight is 282 g/mol. The number of aliphatic hydroxyl groups is 2. The molecule has 3 aliphatic rings. The first-order chi connectivity index (χ1) is 9.49. The van der Waals surface area contributed by atoms with Crippen LogP contribution in [0.5, 0.6) is 0 Å². The number of likely N-dealkylation sites (tertiary alicyclic amines) is 1. The molecule has 0 aromatic rings. The second-order valence-corrected chi connectivity index (χ2v) is 7.18. The first kappa shape index (κ1) is 14.3. The van der Waals surface area contributed by atoms with E-state index >= 15 is 0 Å². The maximum absolute atomic E-state index is 12.8. The van der Waals surface area contributed by atoms with Crippen LogP contribution in [-0.2, 0) is 4.79 Å². The summed E-state index contributed by atoms with van der Waals surface area (Å²) in [6.45, 7) is 5.34. The summed E-state index contributed by atoms with van der Waals surface area (Å²) >= 11 is 0. The molecule has 5 nitrogen and oxygen atoms in total. The van der Waals surface area contributed by atoms with Crippen LogP contribution < -0.4 is 5.32 Å². The highest BCUT2D eigenvalue weighted by Gasteiger charge is 2.46. The molecule has 1 unspecified atom stereocenters. The molecule has 2 aliphatic heterocycles. The summed E-state index contributed by atoms with van der Waals surface area (Å²) in [5, 5.41) is 22.9. The van der Waals surface area contributed by atoms with Crippen LogP contribution in [0.3, 0.4) is 0 Å². The van der Waals surface area contributed by atoms with Gasteiger partial charge in [0.2, 0.25) is 5.91 Å². The number of nitrogens with one attached hydrogen (secondary N) is 1. The minimum absolute atomic E-state index is 0.253. The van der Waals surface area contributed by atoms with Crippen LogP contribution in [0.4, 0.5) is 0 Å². The van der Waals surface area contributed by atoms with Crippen molar-refractivity contribution in [3.05, 3.63) is 0 Å². The van der Waals surface area contributed by atoms with E-state index in [0.717, 1.165) is 39.0 Å². The second-order valence-electron chi connectivity index (χ2n) is 7.18. The second kappa shape index (κ2) is 5.28. The molecule has 0 bridgehead atoms. The lowest BCUT2D eigenvalue weighted by Crippen LogP contribution is -2.49. The lowest BCUT2D eigenvalue weighted by atomic mass is 9.79. The van der Waals surface area contributed by atoms with Crippen LogP contribution in [0, 0.1) is 17.3 Å². The number of hydrogen-bond donors (Lipinski definition) is 3. The highest BCUT2D eigenvalue weighted by Crippen LogP contribution is 2.39. The van der Waals surface area contributed by atoms with Gasteiger partial charge < -0.3 is 20.4 Å². The molecule has 3 rings (SSSR count). The summed E-state index contributed by atoms with van der Waals surface area (Å²) < 4.78 is 0. The van der Waals surface area contributed by atoms with Gasteiger partial charge in [0.1, 0.15) is 0 Å². The van der Waals surface area contributed by atoms with Gasteiger partial charge in [-0.05, 0) is 51.0 Å². The summed E-state index contributed by atoms with van der Waals surface area (Å²) in [7, 11) is 0. The number of amides is 1. The number of fused-ring (bicyclic) bond motifs is 1. The van der Waals surface area contributed by atoms with Crippen molar-refractivity contribution in [1.29, 1.82) is 0 Å². The molecule has 3 fully saturated rings. The molecule has 1 amide bonds. The van der Waals surface area contributed by atoms with E-state index in [1.54, 1.807) is 0 Å². The smallest absolute Gasteiger partial charge is 0.229 e. The summed E-state index contributed by atoms with van der Waals surface area (Å²) in [5.41, 5.74) is -0.275. The standard InChI is InChI=1S/C15H26N2O3/c1-15(3-2-4-16-9-15)14(20)17-7-10-5-12(18)13(19)6-11(10)8-17/h10-13,16,18-19H,2-9H2,1H3/t10-,11+,12+,13-,15?. The summed E-state index contributed by atoms with van der Waals surface area (Å²) in [6.07, 6.45) is 2.04. The van der Waals surface area contributed by atoms with E-state index in [-0.39, 0.29) is 11.3 Å². The lowest BCUT2D eigenvalue weighted by Gasteiger charge is -2.36. The zero-order valence-electron chi connectivity index (χ0n) is 12.2. The summed E-state index contributed by atoms with van der Waals surface area (Å²) in [4.78, 5) is 14.8. The fraction of sp³-hybridized carbons (Fsp3) is 0.933. The van der Waals surface area contributed by atoms with Crippen molar-refractivity contribution in [2.75, 3.05) is 26.2 Å². The molecule has 0 spiro atoms. The van der Waals surface area contributed by atoms with Crippen molar-refractivity contribution in [3.63, 3.8) is 0 Å². The number of hydrogen-bond acceptors (Lipinski definition) is 4. The molecule has 1 saturated carbocycles. The largest absolute Gasteiger partial charge is 0.390 e. The number of carbonyl (C=O) groups excluding carboxylic acids is 1. The van der Waals surface area contributed by atoms with E-state index in [9.17, 15) is 15.0 Å². The molecule has 2 heterocycles. The Labute approximate surface area is 120 Å². The lowest BCUT2D eigenvalue weighted by molar-refractivity contribution is -0.141. The quantitative estimate of drug-likeness (QED) is 0.631. The van der Waals surface area contributed by atoms with Gasteiger partial charge in [0.25, 0.3) is 0 Å². The number of carbonyl (C=O) groups is 1. The molecule has 0 aromatic carbocycles. The van der Waals surface area contributed by atoms with E-state index < -0.39 is 12.2 Å². The van der Waals surface area contributed by atoms with E-state index in [1.807, 2.05) is 4.90 Å². The Kier molecular flexibility index (Phi) is 3.77. The highest BCUT2D eigenvalue weighted by atomic mass is 16.3. The Morgan fingerprint density at radius 1 is 1.20 bits per heavy atom. The molecule has 114 valence electrons. The number of piperidine rings is 1. The van der Waals surface area contributed by atoms with Crippen LogP contribution in [0.15, 0.2) is 0 Å². The predicted octanol–water partition coefficient (Wildman–Crippen LogP) is -0.0337. The number of aliphatic hydroxyl groups excluding tert-OH is 2. The SMILES string of the molecule is CC1(C(=O)N2C[C@H]3C[C@H](O)[C@H](O)C[C@H]3C2)CCCNC1. The maximum atomic E-state index is 12.8. The van der Waals surface area contributed by atoms with Crippen LogP contribution in [-0.4, -0.2) is 59.4 Å². The van der Waals surface area contributed by atoms with Gasteiger partial charge in [0.15, 0.2) is 0 Å². The van der Waals surface area contributed by atoms with Crippen molar-refractivity contribution in [2.45, 2.75) is 44.8 Å². The van der Waals surface area contributed by atoms with Crippen molar-refractivity contribution < 1.29 is 15.0 Å². The Balaban J connectivity index is 1.66.